The highest BCUT2D eigenvalue weighted by Gasteiger charge is 2.27. The molecule has 4 aromatic rings. The third kappa shape index (κ3) is 14.7. The van der Waals surface area contributed by atoms with E-state index >= 15 is 0 Å². The number of pyridine rings is 4. The average molecular weight is 985 g/mol. The number of aldehydes is 2. The molecule has 2 fully saturated rings. The minimum Gasteiger partial charge on any atom is -0.336 e. The summed E-state index contributed by atoms with van der Waals surface area (Å²) in [6.45, 7) is 8.45. The quantitative estimate of drug-likeness (QED) is 0.118. The fourth-order valence-electron chi connectivity index (χ4n) is 6.63. The highest BCUT2D eigenvalue weighted by atomic mass is 32.2. The van der Waals surface area contributed by atoms with Gasteiger partial charge in [0.15, 0.2) is 12.6 Å². The molecule has 6 heterocycles. The van der Waals surface area contributed by atoms with Crippen molar-refractivity contribution in [1.82, 2.24) is 39.5 Å². The number of nitrogens with one attached hydrogen (secondary N) is 2. The number of alkyl halides is 2. The maximum atomic E-state index is 13.4. The molecule has 0 bridgehead atoms. The Morgan fingerprint density at radius 1 is 0.768 bits per heavy atom. The first-order valence-corrected chi connectivity index (χ1v) is 22.9. The second-order valence-corrected chi connectivity index (χ2v) is 19.2. The third-order valence-corrected chi connectivity index (χ3v) is 12.3. The predicted octanol–water partition coefficient (Wildman–Crippen LogP) is 5.41. The van der Waals surface area contributed by atoms with Crippen molar-refractivity contribution in [3.05, 3.63) is 82.4 Å². The summed E-state index contributed by atoms with van der Waals surface area (Å²) in [6.07, 6.45) is 3.71. The molecule has 2 saturated heterocycles. The Morgan fingerprint density at radius 3 is 1.57 bits per heavy atom. The lowest BCUT2D eigenvalue weighted by atomic mass is 10.1. The van der Waals surface area contributed by atoms with Crippen molar-refractivity contribution in [3.63, 3.8) is 0 Å². The van der Waals surface area contributed by atoms with Crippen LogP contribution in [-0.2, 0) is 22.7 Å². The molecule has 2 N–H and O–H groups in total. The first-order valence-electron chi connectivity index (χ1n) is 21.2. The Balaban J connectivity index is 0.000000258. The lowest BCUT2D eigenvalue weighted by molar-refractivity contribution is -0.136. The molecule has 4 aromatic heterocycles. The van der Waals surface area contributed by atoms with Gasteiger partial charge < -0.3 is 9.80 Å². The normalized spacial score (nSPS) is 14.3. The van der Waals surface area contributed by atoms with Gasteiger partial charge in [0.25, 0.3) is 5.25 Å². The molecule has 0 atom stereocenters. The molecule has 362 valence electrons. The lowest BCUT2D eigenvalue weighted by Crippen LogP contribution is -2.48. The summed E-state index contributed by atoms with van der Waals surface area (Å²) in [5, 5.41) is 20.7. The van der Waals surface area contributed by atoms with Crippen LogP contribution in [0.4, 0.5) is 41.6 Å². The molecule has 0 radical (unpaired) electrons. The van der Waals surface area contributed by atoms with Gasteiger partial charge in [-0.3, -0.25) is 49.4 Å². The third-order valence-electron chi connectivity index (χ3n) is 10.4. The number of nitriles is 2. The summed E-state index contributed by atoms with van der Waals surface area (Å²) in [5.41, 5.74) is 1.83. The first-order chi connectivity index (χ1) is 32.7. The number of halogens is 2. The molecule has 2 aliphatic rings. The highest BCUT2D eigenvalue weighted by molar-refractivity contribution is 8.00. The van der Waals surface area contributed by atoms with Crippen LogP contribution in [0.1, 0.15) is 64.0 Å². The minimum atomic E-state index is -3.13. The van der Waals surface area contributed by atoms with E-state index in [0.29, 0.717) is 68.2 Å². The predicted molar refractivity (Wildman–Crippen MR) is 255 cm³/mol. The van der Waals surface area contributed by atoms with E-state index in [0.717, 1.165) is 29.1 Å². The number of hydrogen-bond acceptors (Lipinski definition) is 16. The van der Waals surface area contributed by atoms with E-state index in [9.17, 15) is 42.8 Å². The van der Waals surface area contributed by atoms with Crippen molar-refractivity contribution in [1.29, 1.82) is 10.5 Å². The molecule has 20 nitrogen and oxygen atoms in total. The number of hydrogen-bond donors (Lipinski definition) is 2. The maximum Gasteiger partial charge on any atom is 0.328 e. The van der Waals surface area contributed by atoms with Crippen molar-refractivity contribution < 1.29 is 37.5 Å². The number of amides is 6. The van der Waals surface area contributed by atoms with Crippen LogP contribution in [0.15, 0.2) is 58.6 Å². The van der Waals surface area contributed by atoms with Gasteiger partial charge in [-0.25, -0.2) is 29.5 Å². The number of nitrogens with zero attached hydrogens (tertiary/aromatic N) is 12. The number of carbonyl (C=O) groups is 6. The standard InChI is InChI=1S/C23H27N7O3S.C22H23F2N7O3S/c1-15(2)34-19-9-20(25-11-17(19)10-24)27-23(33)29(4)21-6-5-16(18(14-31)26-21)12-30-8-7-28(3)13-22(30)32;1-22(23,24)35-17-8-18(26-10-15(17)9-25)28-21(34)30(3)19-5-4-14(16(13-32)27-19)11-31-7-6-29(2)12-20(31)33/h5-6,9,11,14-15H,7-8,12-13H2,1-4H3,(H,25,27,33);4-5,8,10,13H,6-7,11-12H2,1-3H3,(H,26,28,34). The fraction of sp³-hybridized carbons (Fsp3) is 0.378. The van der Waals surface area contributed by atoms with Gasteiger partial charge in [0.2, 0.25) is 11.8 Å². The smallest absolute Gasteiger partial charge is 0.328 e. The van der Waals surface area contributed by atoms with Crippen molar-refractivity contribution >= 4 is 83.2 Å². The minimum absolute atomic E-state index is 0.00362. The zero-order valence-corrected chi connectivity index (χ0v) is 40.5. The van der Waals surface area contributed by atoms with Gasteiger partial charge in [0.05, 0.1) is 24.2 Å². The van der Waals surface area contributed by atoms with Crippen LogP contribution in [-0.4, -0.2) is 154 Å². The number of urea groups is 2. The Labute approximate surface area is 406 Å². The van der Waals surface area contributed by atoms with Crippen LogP contribution >= 0.6 is 23.5 Å². The van der Waals surface area contributed by atoms with Crippen LogP contribution < -0.4 is 20.4 Å². The summed E-state index contributed by atoms with van der Waals surface area (Å²) >= 11 is 1.68. The second kappa shape index (κ2) is 23.7. The number of carbonyl (C=O) groups excluding carboxylic acids is 6. The molecular formula is C45H50F2N14O6S2. The van der Waals surface area contributed by atoms with Crippen LogP contribution in [0.5, 0.6) is 0 Å². The van der Waals surface area contributed by atoms with E-state index in [2.05, 4.69) is 36.6 Å². The molecule has 0 aliphatic carbocycles. The molecule has 6 rings (SSSR count). The van der Waals surface area contributed by atoms with Crippen LogP contribution in [0.3, 0.4) is 0 Å². The largest absolute Gasteiger partial charge is 0.336 e. The van der Waals surface area contributed by atoms with Gasteiger partial charge in [0, 0.05) is 98.8 Å². The zero-order chi connectivity index (χ0) is 50.6. The maximum absolute atomic E-state index is 13.4. The van der Waals surface area contributed by atoms with E-state index < -0.39 is 17.3 Å². The molecule has 69 heavy (non-hydrogen) atoms. The van der Waals surface area contributed by atoms with E-state index in [1.165, 1.54) is 49.1 Å². The number of likely N-dealkylation sites (N-methyl/N-ethyl adjacent to an activating group) is 2. The van der Waals surface area contributed by atoms with Gasteiger partial charge in [-0.2, -0.15) is 19.3 Å². The number of piperazine rings is 2. The van der Waals surface area contributed by atoms with Gasteiger partial charge >= 0.3 is 12.1 Å². The molecule has 2 aliphatic heterocycles. The SMILES string of the molecule is CC(C)Sc1cc(NC(=O)N(C)c2ccc(CN3CCN(C)CC3=O)c(C=O)n2)ncc1C#N.CN1CCN(Cc2ccc(N(C)C(=O)Nc3cc(SC(C)(F)F)c(C#N)cn3)nc2C=O)C(=O)C1. The molecule has 6 amide bonds. The number of anilines is 4. The number of thioether (sulfide) groups is 2. The number of rotatable bonds is 14. The van der Waals surface area contributed by atoms with E-state index in [4.69, 9.17) is 5.26 Å². The van der Waals surface area contributed by atoms with Gasteiger partial charge in [0.1, 0.15) is 46.8 Å². The Hall–Kier alpha value is -7.12. The first kappa shape index (κ1) is 52.8. The molecule has 0 saturated carbocycles. The monoisotopic (exact) mass is 984 g/mol. The Bertz CT molecular complexity index is 2680. The van der Waals surface area contributed by atoms with Gasteiger partial charge in [-0.1, -0.05) is 37.7 Å². The Kier molecular flexibility index (Phi) is 18.2. The van der Waals surface area contributed by atoms with Crippen molar-refractivity contribution in [3.8, 4) is 12.1 Å². The zero-order valence-electron chi connectivity index (χ0n) is 38.9. The van der Waals surface area contributed by atoms with E-state index in [1.807, 2.05) is 37.7 Å². The van der Waals surface area contributed by atoms with E-state index in [1.54, 1.807) is 40.1 Å². The lowest BCUT2D eigenvalue weighted by Gasteiger charge is -2.32. The molecule has 0 aromatic carbocycles. The van der Waals surface area contributed by atoms with Crippen LogP contribution in [0.2, 0.25) is 0 Å². The average Bonchev–Trinajstić information content (AvgIpc) is 3.30. The topological polar surface area (TPSA) is 245 Å². The summed E-state index contributed by atoms with van der Waals surface area (Å²) in [6, 6.07) is 12.1. The van der Waals surface area contributed by atoms with E-state index in [-0.39, 0.29) is 81.2 Å². The van der Waals surface area contributed by atoms with Crippen molar-refractivity contribution in [2.75, 3.05) is 87.9 Å². The summed E-state index contributed by atoms with van der Waals surface area (Å²) in [7, 11) is 6.69. The van der Waals surface area contributed by atoms with Gasteiger partial charge in [-0.15, -0.1) is 11.8 Å². The molecule has 0 spiro atoms. The highest BCUT2D eigenvalue weighted by Crippen LogP contribution is 2.37. The summed E-state index contributed by atoms with van der Waals surface area (Å²) in [5.74, 6) is 0.647. The molecular weight excluding hydrogens is 935 g/mol. The fourth-order valence-corrected chi connectivity index (χ4v) is 8.31. The van der Waals surface area contributed by atoms with Crippen molar-refractivity contribution in [2.24, 2.45) is 0 Å². The van der Waals surface area contributed by atoms with Crippen LogP contribution in [0.25, 0.3) is 0 Å². The molecule has 24 heteroatoms. The number of aromatic nitrogens is 4. The Morgan fingerprint density at radius 2 is 1.19 bits per heavy atom. The molecule has 0 unspecified atom stereocenters. The second-order valence-electron chi connectivity index (χ2n) is 16.2. The summed E-state index contributed by atoms with van der Waals surface area (Å²) in [4.78, 5) is 100. The van der Waals surface area contributed by atoms with Gasteiger partial charge in [-0.05, 0) is 38.4 Å². The van der Waals surface area contributed by atoms with Crippen LogP contribution in [0, 0.1) is 22.7 Å². The van der Waals surface area contributed by atoms with Crippen molar-refractivity contribution in [2.45, 2.75) is 54.2 Å². The summed E-state index contributed by atoms with van der Waals surface area (Å²) < 4.78 is 26.9.